The van der Waals surface area contributed by atoms with E-state index in [1.165, 1.54) is 26.4 Å². The van der Waals surface area contributed by atoms with Gasteiger partial charge in [-0.25, -0.2) is 13.1 Å². The predicted octanol–water partition coefficient (Wildman–Crippen LogP) is 1.70. The van der Waals surface area contributed by atoms with Gasteiger partial charge in [-0.1, -0.05) is 0 Å². The van der Waals surface area contributed by atoms with E-state index in [9.17, 15) is 13.2 Å². The average molecular weight is 408 g/mol. The minimum absolute atomic E-state index is 0.0874. The van der Waals surface area contributed by atoms with E-state index < -0.39 is 15.9 Å². The summed E-state index contributed by atoms with van der Waals surface area (Å²) in [6.45, 7) is 0.913. The number of carbonyl (C=O) groups excluding carboxylic acids is 1. The number of halogens is 1. The zero-order chi connectivity index (χ0) is 17.0. The second-order valence-corrected chi connectivity index (χ2v) is 7.50. The second-order valence-electron chi connectivity index (χ2n) is 4.99. The molecule has 7 nitrogen and oxygen atoms in total. The standard InChI is InChI=1S/C14H18BrNO6S/c1-20-11-7-10(15)13(8-12(11)21-2)23(18,19)16-14(17)9-3-5-22-6-4-9/h7-9H,3-6H2,1-2H3,(H,16,17). The van der Waals surface area contributed by atoms with E-state index in [1.807, 2.05) is 0 Å². The van der Waals surface area contributed by atoms with Crippen molar-refractivity contribution in [1.29, 1.82) is 0 Å². The van der Waals surface area contributed by atoms with Gasteiger partial charge in [0.2, 0.25) is 5.91 Å². The maximum Gasteiger partial charge on any atom is 0.265 e. The van der Waals surface area contributed by atoms with Crippen LogP contribution in [0, 0.1) is 5.92 Å². The molecule has 9 heteroatoms. The molecule has 1 aromatic carbocycles. The van der Waals surface area contributed by atoms with E-state index in [0.717, 1.165) is 0 Å². The lowest BCUT2D eigenvalue weighted by atomic mass is 10.0. The van der Waals surface area contributed by atoms with Gasteiger partial charge < -0.3 is 14.2 Å². The van der Waals surface area contributed by atoms with E-state index in [-0.39, 0.29) is 21.0 Å². The van der Waals surface area contributed by atoms with Crippen LogP contribution in [0.15, 0.2) is 21.5 Å². The molecule has 0 aromatic heterocycles. The Morgan fingerprint density at radius 2 is 1.78 bits per heavy atom. The molecule has 2 rings (SSSR count). The molecule has 1 aliphatic rings. The van der Waals surface area contributed by atoms with E-state index in [4.69, 9.17) is 14.2 Å². The van der Waals surface area contributed by atoms with E-state index in [2.05, 4.69) is 20.7 Å². The van der Waals surface area contributed by atoms with Crippen molar-refractivity contribution < 1.29 is 27.4 Å². The van der Waals surface area contributed by atoms with Crippen LogP contribution in [-0.2, 0) is 19.6 Å². The number of ether oxygens (including phenoxy) is 3. The zero-order valence-electron chi connectivity index (χ0n) is 12.8. The van der Waals surface area contributed by atoms with Gasteiger partial charge in [0.15, 0.2) is 11.5 Å². The van der Waals surface area contributed by atoms with Crippen molar-refractivity contribution in [3.8, 4) is 11.5 Å². The highest BCUT2D eigenvalue weighted by atomic mass is 79.9. The zero-order valence-corrected chi connectivity index (χ0v) is 15.2. The number of nitrogens with one attached hydrogen (secondary N) is 1. The SMILES string of the molecule is COc1cc(Br)c(S(=O)(=O)NC(=O)C2CCOCC2)cc1OC. The van der Waals surface area contributed by atoms with Gasteiger partial charge in [-0.05, 0) is 34.8 Å². The smallest absolute Gasteiger partial charge is 0.265 e. The van der Waals surface area contributed by atoms with Crippen LogP contribution in [-0.4, -0.2) is 41.8 Å². The van der Waals surface area contributed by atoms with Gasteiger partial charge in [-0.15, -0.1) is 0 Å². The summed E-state index contributed by atoms with van der Waals surface area (Å²) in [5.41, 5.74) is 0. The highest BCUT2D eigenvalue weighted by Crippen LogP contribution is 2.35. The van der Waals surface area contributed by atoms with Gasteiger partial charge >= 0.3 is 0 Å². The summed E-state index contributed by atoms with van der Waals surface area (Å²) < 4.78 is 42.8. The fraction of sp³-hybridized carbons (Fsp3) is 0.500. The first-order valence-corrected chi connectivity index (χ1v) is 9.22. The number of amides is 1. The van der Waals surface area contributed by atoms with Crippen molar-refractivity contribution in [2.45, 2.75) is 17.7 Å². The highest BCUT2D eigenvalue weighted by Gasteiger charge is 2.28. The summed E-state index contributed by atoms with van der Waals surface area (Å²) in [6.07, 6.45) is 1.02. The van der Waals surface area contributed by atoms with Crippen molar-refractivity contribution in [2.24, 2.45) is 5.92 Å². The Balaban J connectivity index is 2.26. The highest BCUT2D eigenvalue weighted by molar-refractivity contribution is 9.10. The fourth-order valence-corrected chi connectivity index (χ4v) is 4.35. The maximum absolute atomic E-state index is 12.5. The lowest BCUT2D eigenvalue weighted by Crippen LogP contribution is -2.38. The molecule has 1 heterocycles. The summed E-state index contributed by atoms with van der Waals surface area (Å²) in [7, 11) is -1.16. The number of carbonyl (C=O) groups is 1. The van der Waals surface area contributed by atoms with Crippen molar-refractivity contribution in [3.63, 3.8) is 0 Å². The third-order valence-electron chi connectivity index (χ3n) is 3.55. The third kappa shape index (κ3) is 4.15. The molecule has 0 saturated carbocycles. The summed E-state index contributed by atoms with van der Waals surface area (Å²) in [5, 5.41) is 0. The molecule has 0 bridgehead atoms. The number of benzene rings is 1. The number of hydrogen-bond donors (Lipinski definition) is 1. The first-order valence-electron chi connectivity index (χ1n) is 6.95. The van der Waals surface area contributed by atoms with Gasteiger partial charge in [0, 0.05) is 29.7 Å². The van der Waals surface area contributed by atoms with Crippen molar-refractivity contribution in [3.05, 3.63) is 16.6 Å². The molecule has 1 aromatic rings. The lowest BCUT2D eigenvalue weighted by Gasteiger charge is -2.21. The Hall–Kier alpha value is -1.32. The fourth-order valence-electron chi connectivity index (χ4n) is 2.27. The minimum Gasteiger partial charge on any atom is -0.493 e. The Kier molecular flexibility index (Phi) is 5.88. The molecule has 0 atom stereocenters. The Morgan fingerprint density at radius 1 is 1.22 bits per heavy atom. The molecular weight excluding hydrogens is 390 g/mol. The third-order valence-corrected chi connectivity index (χ3v) is 5.86. The molecule has 1 amide bonds. The monoisotopic (exact) mass is 407 g/mol. The lowest BCUT2D eigenvalue weighted by molar-refractivity contribution is -0.125. The topological polar surface area (TPSA) is 90.9 Å². The molecule has 0 aliphatic carbocycles. The van der Waals surface area contributed by atoms with Crippen molar-refractivity contribution in [2.75, 3.05) is 27.4 Å². The van der Waals surface area contributed by atoms with Crippen LogP contribution in [0.5, 0.6) is 11.5 Å². The minimum atomic E-state index is -4.02. The molecular formula is C14H18BrNO6S. The van der Waals surface area contributed by atoms with Crippen molar-refractivity contribution >= 4 is 31.9 Å². The molecule has 0 spiro atoms. The Morgan fingerprint density at radius 3 is 2.35 bits per heavy atom. The van der Waals surface area contributed by atoms with Crippen LogP contribution in [0.3, 0.4) is 0 Å². The largest absolute Gasteiger partial charge is 0.493 e. The second kappa shape index (κ2) is 7.50. The normalized spacial score (nSPS) is 16.0. The number of sulfonamides is 1. The molecule has 1 saturated heterocycles. The molecule has 1 aliphatic heterocycles. The van der Waals surface area contributed by atoms with Crippen LogP contribution in [0.4, 0.5) is 0 Å². The van der Waals surface area contributed by atoms with Gasteiger partial charge in [-0.2, -0.15) is 0 Å². The summed E-state index contributed by atoms with van der Waals surface area (Å²) >= 11 is 3.19. The van der Waals surface area contributed by atoms with E-state index >= 15 is 0 Å². The van der Waals surface area contributed by atoms with Crippen LogP contribution < -0.4 is 14.2 Å². The van der Waals surface area contributed by atoms with Crippen molar-refractivity contribution in [1.82, 2.24) is 4.72 Å². The Bertz CT molecular complexity index is 685. The number of rotatable bonds is 5. The van der Waals surface area contributed by atoms with E-state index in [1.54, 1.807) is 0 Å². The molecule has 0 radical (unpaired) electrons. The van der Waals surface area contributed by atoms with Gasteiger partial charge in [-0.3, -0.25) is 4.79 Å². The Labute approximate surface area is 143 Å². The first-order chi connectivity index (χ1) is 10.9. The molecule has 1 fully saturated rings. The van der Waals surface area contributed by atoms with Crippen LogP contribution >= 0.6 is 15.9 Å². The van der Waals surface area contributed by atoms with Gasteiger partial charge in [0.1, 0.15) is 4.90 Å². The molecule has 23 heavy (non-hydrogen) atoms. The average Bonchev–Trinajstić information content (AvgIpc) is 2.54. The van der Waals surface area contributed by atoms with Crippen LogP contribution in [0.1, 0.15) is 12.8 Å². The quantitative estimate of drug-likeness (QED) is 0.798. The molecule has 0 unspecified atom stereocenters. The molecule has 1 N–H and O–H groups in total. The van der Waals surface area contributed by atoms with Gasteiger partial charge in [0.25, 0.3) is 10.0 Å². The number of hydrogen-bond acceptors (Lipinski definition) is 6. The maximum atomic E-state index is 12.5. The molecule has 128 valence electrons. The number of methoxy groups -OCH3 is 2. The van der Waals surface area contributed by atoms with Crippen LogP contribution in [0.2, 0.25) is 0 Å². The predicted molar refractivity (Wildman–Crippen MR) is 86.1 cm³/mol. The van der Waals surface area contributed by atoms with Gasteiger partial charge in [0.05, 0.1) is 14.2 Å². The summed E-state index contributed by atoms with van der Waals surface area (Å²) in [6, 6.07) is 2.79. The van der Waals surface area contributed by atoms with Crippen LogP contribution in [0.25, 0.3) is 0 Å². The van der Waals surface area contributed by atoms with E-state index in [0.29, 0.717) is 31.8 Å². The summed E-state index contributed by atoms with van der Waals surface area (Å²) in [5.74, 6) is -0.240. The first kappa shape index (κ1) is 18.0. The summed E-state index contributed by atoms with van der Waals surface area (Å²) in [4.78, 5) is 12.1.